The van der Waals surface area contributed by atoms with Gasteiger partial charge in [-0.3, -0.25) is 0 Å². The van der Waals surface area contributed by atoms with Crippen LogP contribution in [0.3, 0.4) is 0 Å². The summed E-state index contributed by atoms with van der Waals surface area (Å²) in [6, 6.07) is 4.11. The fraction of sp³-hybridized carbons (Fsp3) is 0.500. The number of nitrogens with zero attached hydrogens (tertiary/aromatic N) is 3. The summed E-state index contributed by atoms with van der Waals surface area (Å²) in [4.78, 5) is 19.0. The third-order valence-electron chi connectivity index (χ3n) is 3.87. The molecule has 0 aliphatic carbocycles. The number of rotatable bonds is 2. The first-order valence-electron chi connectivity index (χ1n) is 6.09. The summed E-state index contributed by atoms with van der Waals surface area (Å²) in [5.41, 5.74) is 6.73. The van der Waals surface area contributed by atoms with E-state index in [-0.39, 0.29) is 6.04 Å². The molecule has 0 saturated carbocycles. The molecular formula is C12H16N4O2. The molecule has 0 unspecified atom stereocenters. The van der Waals surface area contributed by atoms with E-state index in [4.69, 9.17) is 10.8 Å². The Bertz CT molecular complexity index is 479. The molecule has 3 rings (SSSR count). The van der Waals surface area contributed by atoms with Crippen molar-refractivity contribution in [1.82, 2.24) is 9.88 Å². The van der Waals surface area contributed by atoms with E-state index in [0.717, 1.165) is 17.9 Å². The Hall–Kier alpha value is -1.82. The number of hydrogen-bond acceptors (Lipinski definition) is 4. The number of nitrogens with two attached hydrogens (primary N) is 1. The molecule has 96 valence electrons. The minimum absolute atomic E-state index is 0.265. The van der Waals surface area contributed by atoms with Crippen LogP contribution in [0.1, 0.15) is 5.56 Å². The van der Waals surface area contributed by atoms with Crippen LogP contribution in [-0.4, -0.2) is 46.8 Å². The minimum atomic E-state index is -0.829. The minimum Gasteiger partial charge on any atom is -0.465 e. The number of fused-ring (bicyclic) bond motifs is 1. The number of anilines is 1. The van der Waals surface area contributed by atoms with Crippen molar-refractivity contribution in [3.63, 3.8) is 0 Å². The first-order chi connectivity index (χ1) is 8.70. The first-order valence-corrected chi connectivity index (χ1v) is 6.09. The summed E-state index contributed by atoms with van der Waals surface area (Å²) in [6.45, 7) is 2.54. The number of hydrogen-bond donors (Lipinski definition) is 2. The number of carboxylic acid groups (broad SMARTS) is 1. The van der Waals surface area contributed by atoms with Gasteiger partial charge >= 0.3 is 6.09 Å². The van der Waals surface area contributed by atoms with Gasteiger partial charge in [0.25, 0.3) is 0 Å². The largest absolute Gasteiger partial charge is 0.465 e. The standard InChI is InChI=1S/C12H16N4O2/c13-4-8-2-1-3-14-11(8)16-6-9-5-15(12(17)18)7-10(9)16/h1-3,9-10H,4-7,13H2,(H,17,18)/t9-,10-/m0/s1. The summed E-state index contributed by atoms with van der Waals surface area (Å²) in [7, 11) is 0. The van der Waals surface area contributed by atoms with E-state index in [1.54, 1.807) is 6.20 Å². The van der Waals surface area contributed by atoms with Crippen molar-refractivity contribution in [2.45, 2.75) is 12.6 Å². The van der Waals surface area contributed by atoms with Crippen LogP contribution >= 0.6 is 0 Å². The van der Waals surface area contributed by atoms with Crippen LogP contribution in [0.25, 0.3) is 0 Å². The topological polar surface area (TPSA) is 82.7 Å². The van der Waals surface area contributed by atoms with Crippen molar-refractivity contribution in [2.24, 2.45) is 11.7 Å². The fourth-order valence-corrected chi connectivity index (χ4v) is 2.88. The lowest BCUT2D eigenvalue weighted by molar-refractivity contribution is 0.155. The lowest BCUT2D eigenvalue weighted by Gasteiger charge is -2.44. The van der Waals surface area contributed by atoms with Crippen LogP contribution in [0, 0.1) is 5.92 Å². The monoisotopic (exact) mass is 248 g/mol. The van der Waals surface area contributed by atoms with Crippen LogP contribution < -0.4 is 10.6 Å². The van der Waals surface area contributed by atoms with E-state index in [1.807, 2.05) is 12.1 Å². The van der Waals surface area contributed by atoms with E-state index < -0.39 is 6.09 Å². The lowest BCUT2D eigenvalue weighted by atomic mass is 9.91. The van der Waals surface area contributed by atoms with Gasteiger partial charge in [0.1, 0.15) is 5.82 Å². The van der Waals surface area contributed by atoms with Crippen molar-refractivity contribution >= 4 is 11.9 Å². The van der Waals surface area contributed by atoms with Crippen LogP contribution in [-0.2, 0) is 6.54 Å². The van der Waals surface area contributed by atoms with E-state index >= 15 is 0 Å². The average Bonchev–Trinajstić information content (AvgIpc) is 2.68. The summed E-state index contributed by atoms with van der Waals surface area (Å²) in [5, 5.41) is 9.01. The molecule has 2 aliphatic heterocycles. The zero-order chi connectivity index (χ0) is 12.7. The second kappa shape index (κ2) is 4.13. The molecule has 0 spiro atoms. The van der Waals surface area contributed by atoms with Crippen molar-refractivity contribution < 1.29 is 9.90 Å². The van der Waals surface area contributed by atoms with E-state index in [1.165, 1.54) is 4.90 Å². The zero-order valence-electron chi connectivity index (χ0n) is 9.99. The highest BCUT2D eigenvalue weighted by Gasteiger charge is 2.47. The number of likely N-dealkylation sites (tertiary alicyclic amines) is 1. The molecule has 2 saturated heterocycles. The van der Waals surface area contributed by atoms with Crippen LogP contribution in [0.4, 0.5) is 10.6 Å². The van der Waals surface area contributed by atoms with Crippen molar-refractivity contribution in [2.75, 3.05) is 24.5 Å². The van der Waals surface area contributed by atoms with Gasteiger partial charge in [-0.2, -0.15) is 0 Å². The Balaban J connectivity index is 1.79. The summed E-state index contributed by atoms with van der Waals surface area (Å²) in [6.07, 6.45) is 0.926. The van der Waals surface area contributed by atoms with Crippen LogP contribution in [0.5, 0.6) is 0 Å². The van der Waals surface area contributed by atoms with Crippen molar-refractivity contribution in [3.05, 3.63) is 23.9 Å². The molecule has 0 radical (unpaired) electrons. The van der Waals surface area contributed by atoms with Gasteiger partial charge in [-0.15, -0.1) is 0 Å². The Morgan fingerprint density at radius 1 is 1.50 bits per heavy atom. The predicted molar refractivity (Wildman–Crippen MR) is 66.4 cm³/mol. The maximum absolute atomic E-state index is 11.0. The third-order valence-corrected chi connectivity index (χ3v) is 3.87. The van der Waals surface area contributed by atoms with Gasteiger partial charge in [-0.05, 0) is 6.07 Å². The van der Waals surface area contributed by atoms with Crippen LogP contribution in [0.2, 0.25) is 0 Å². The van der Waals surface area contributed by atoms with Gasteiger partial charge < -0.3 is 20.6 Å². The van der Waals surface area contributed by atoms with Gasteiger partial charge in [0.05, 0.1) is 6.04 Å². The Morgan fingerprint density at radius 2 is 2.33 bits per heavy atom. The summed E-state index contributed by atoms with van der Waals surface area (Å²) >= 11 is 0. The van der Waals surface area contributed by atoms with E-state index in [9.17, 15) is 4.79 Å². The molecule has 3 N–H and O–H groups in total. The van der Waals surface area contributed by atoms with Crippen LogP contribution in [0.15, 0.2) is 18.3 Å². The first kappa shape index (κ1) is 11.3. The predicted octanol–water partition coefficient (Wildman–Crippen LogP) is 0.339. The van der Waals surface area contributed by atoms with Gasteiger partial charge in [0, 0.05) is 43.9 Å². The van der Waals surface area contributed by atoms with E-state index in [0.29, 0.717) is 25.6 Å². The summed E-state index contributed by atoms with van der Waals surface area (Å²) in [5.74, 6) is 1.35. The van der Waals surface area contributed by atoms with Crippen molar-refractivity contribution in [1.29, 1.82) is 0 Å². The molecule has 2 fully saturated rings. The highest BCUT2D eigenvalue weighted by atomic mass is 16.4. The highest BCUT2D eigenvalue weighted by molar-refractivity contribution is 5.66. The molecule has 1 aromatic rings. The molecule has 1 aromatic heterocycles. The van der Waals surface area contributed by atoms with Gasteiger partial charge in [0.15, 0.2) is 0 Å². The number of aromatic nitrogens is 1. The highest BCUT2D eigenvalue weighted by Crippen LogP contribution is 2.36. The normalized spacial score (nSPS) is 25.8. The summed E-state index contributed by atoms with van der Waals surface area (Å²) < 4.78 is 0. The third kappa shape index (κ3) is 1.60. The Labute approximate surface area is 105 Å². The Kier molecular flexibility index (Phi) is 2.59. The molecule has 2 aliphatic rings. The average molecular weight is 248 g/mol. The number of carbonyl (C=O) groups is 1. The molecule has 0 aromatic carbocycles. The second-order valence-corrected chi connectivity index (χ2v) is 4.86. The number of pyridine rings is 1. The molecule has 6 nitrogen and oxygen atoms in total. The van der Waals surface area contributed by atoms with E-state index in [2.05, 4.69) is 9.88 Å². The SMILES string of the molecule is NCc1cccnc1N1C[C@@H]2CN(C(=O)O)C[C@@H]21. The molecule has 18 heavy (non-hydrogen) atoms. The van der Waals surface area contributed by atoms with Gasteiger partial charge in [0.2, 0.25) is 0 Å². The molecule has 0 bridgehead atoms. The van der Waals surface area contributed by atoms with Gasteiger partial charge in [-0.1, -0.05) is 6.07 Å². The molecule has 6 heteroatoms. The maximum Gasteiger partial charge on any atom is 0.407 e. The molecule has 2 atom stereocenters. The van der Waals surface area contributed by atoms with Gasteiger partial charge in [-0.25, -0.2) is 9.78 Å². The maximum atomic E-state index is 11.0. The second-order valence-electron chi connectivity index (χ2n) is 4.86. The fourth-order valence-electron chi connectivity index (χ4n) is 2.88. The smallest absolute Gasteiger partial charge is 0.407 e. The molecule has 1 amide bonds. The molecular weight excluding hydrogens is 232 g/mol. The quantitative estimate of drug-likeness (QED) is 0.788. The zero-order valence-corrected chi connectivity index (χ0v) is 9.99. The van der Waals surface area contributed by atoms with Crippen molar-refractivity contribution in [3.8, 4) is 0 Å². The Morgan fingerprint density at radius 3 is 3.06 bits per heavy atom. The number of amides is 1. The lowest BCUT2D eigenvalue weighted by Crippen LogP contribution is -2.56. The molecule has 3 heterocycles.